The first-order valence-electron chi connectivity index (χ1n) is 11.9. The van der Waals surface area contributed by atoms with Crippen LogP contribution in [0.3, 0.4) is 0 Å². The third kappa shape index (κ3) is 4.04. The molecule has 0 aromatic heterocycles. The Hall–Kier alpha value is -1.00. The van der Waals surface area contributed by atoms with Crippen molar-refractivity contribution in [2.45, 2.75) is 67.7 Å². The van der Waals surface area contributed by atoms with Crippen LogP contribution in [0.4, 0.5) is 0 Å². The van der Waals surface area contributed by atoms with E-state index >= 15 is 0 Å². The van der Waals surface area contributed by atoms with E-state index in [1.54, 1.807) is 0 Å². The summed E-state index contributed by atoms with van der Waals surface area (Å²) in [6.45, 7) is 3.45. The molecule has 7 nitrogen and oxygen atoms in total. The van der Waals surface area contributed by atoms with Crippen molar-refractivity contribution in [3.8, 4) is 0 Å². The normalized spacial score (nSPS) is 34.0. The van der Waals surface area contributed by atoms with E-state index in [0.29, 0.717) is 26.3 Å². The number of sulfonamides is 2. The molecule has 4 saturated carbocycles. The van der Waals surface area contributed by atoms with Crippen molar-refractivity contribution in [2.24, 2.45) is 23.2 Å². The van der Waals surface area contributed by atoms with Gasteiger partial charge in [0.1, 0.15) is 0 Å². The molecule has 5 fully saturated rings. The molecule has 1 atom stereocenters. The van der Waals surface area contributed by atoms with Gasteiger partial charge in [-0.3, -0.25) is 0 Å². The molecule has 178 valence electrons. The summed E-state index contributed by atoms with van der Waals surface area (Å²) in [5.41, 5.74) is 0.0795. The van der Waals surface area contributed by atoms with E-state index in [-0.39, 0.29) is 21.2 Å². The molecule has 9 heteroatoms. The van der Waals surface area contributed by atoms with E-state index in [0.717, 1.165) is 43.4 Å². The van der Waals surface area contributed by atoms with Crippen LogP contribution in [0.5, 0.6) is 0 Å². The average molecular weight is 483 g/mol. The molecule has 4 bridgehead atoms. The summed E-state index contributed by atoms with van der Waals surface area (Å²) in [7, 11) is -7.38. The molecular formula is C23H34N2O5S2. The van der Waals surface area contributed by atoms with Gasteiger partial charge in [-0.1, -0.05) is 6.92 Å². The van der Waals surface area contributed by atoms with Gasteiger partial charge in [0.2, 0.25) is 20.0 Å². The Morgan fingerprint density at radius 2 is 1.44 bits per heavy atom. The van der Waals surface area contributed by atoms with E-state index in [9.17, 15) is 16.8 Å². The lowest BCUT2D eigenvalue weighted by Gasteiger charge is -2.59. The molecule has 6 rings (SSSR count). The Kier molecular flexibility index (Phi) is 5.94. The number of benzene rings is 1. The number of hydrogen-bond acceptors (Lipinski definition) is 5. The van der Waals surface area contributed by atoms with E-state index in [2.05, 4.69) is 11.6 Å². The van der Waals surface area contributed by atoms with E-state index in [1.807, 2.05) is 0 Å². The number of morpholine rings is 1. The van der Waals surface area contributed by atoms with E-state index in [1.165, 1.54) is 47.8 Å². The average Bonchev–Trinajstić information content (AvgIpc) is 2.77. The van der Waals surface area contributed by atoms with Crippen molar-refractivity contribution in [3.05, 3.63) is 24.3 Å². The molecule has 1 heterocycles. The monoisotopic (exact) mass is 482 g/mol. The van der Waals surface area contributed by atoms with Gasteiger partial charge in [-0.05, 0) is 92.4 Å². The number of nitrogens with zero attached hydrogens (tertiary/aromatic N) is 1. The lowest BCUT2D eigenvalue weighted by Crippen LogP contribution is -2.56. The maximum Gasteiger partial charge on any atom is 0.243 e. The zero-order chi connectivity index (χ0) is 22.6. The molecule has 0 spiro atoms. The van der Waals surface area contributed by atoms with Crippen LogP contribution in [0.25, 0.3) is 0 Å². The third-order valence-corrected chi connectivity index (χ3v) is 11.7. The Labute approximate surface area is 192 Å². The van der Waals surface area contributed by atoms with Crippen LogP contribution in [0, 0.1) is 23.2 Å². The molecule has 5 aliphatic rings. The molecule has 1 N–H and O–H groups in total. The van der Waals surface area contributed by atoms with Crippen molar-refractivity contribution in [1.29, 1.82) is 0 Å². The molecule has 32 heavy (non-hydrogen) atoms. The summed E-state index contributed by atoms with van der Waals surface area (Å²) in [4.78, 5) is 0.244. The van der Waals surface area contributed by atoms with E-state index < -0.39 is 20.0 Å². The molecule has 1 aromatic carbocycles. The van der Waals surface area contributed by atoms with Gasteiger partial charge < -0.3 is 4.74 Å². The molecule has 0 radical (unpaired) electrons. The fourth-order valence-electron chi connectivity index (χ4n) is 7.23. The van der Waals surface area contributed by atoms with Crippen molar-refractivity contribution in [1.82, 2.24) is 9.03 Å². The Bertz CT molecular complexity index is 1010. The first kappa shape index (κ1) is 22.8. The summed E-state index contributed by atoms with van der Waals surface area (Å²) in [5.74, 6) is 2.26. The van der Waals surface area contributed by atoms with Crippen LogP contribution >= 0.6 is 0 Å². The molecule has 4 aliphatic carbocycles. The maximum absolute atomic E-state index is 13.3. The standard InChI is InChI=1S/C23H34N2O5S2/c1-2-22(23-14-17-11-18(15-23)13-19(12-17)16-23)24-31(26,27)20-3-5-21(6-4-20)32(28,29)25-7-9-30-10-8-25/h3-6,17-19,22,24H,2,7-16H2,1H3/t17?,18?,19?,22-,23?/m1/s1. The Morgan fingerprint density at radius 1 is 0.938 bits per heavy atom. The predicted molar refractivity (Wildman–Crippen MR) is 121 cm³/mol. The highest BCUT2D eigenvalue weighted by Crippen LogP contribution is 2.61. The van der Waals surface area contributed by atoms with Crippen LogP contribution in [0.15, 0.2) is 34.1 Å². The minimum Gasteiger partial charge on any atom is -0.379 e. The first-order valence-corrected chi connectivity index (χ1v) is 14.8. The van der Waals surface area contributed by atoms with Crippen LogP contribution < -0.4 is 4.72 Å². The lowest BCUT2D eigenvalue weighted by molar-refractivity contribution is -0.0704. The topological polar surface area (TPSA) is 92.8 Å². The zero-order valence-electron chi connectivity index (χ0n) is 18.7. The maximum atomic E-state index is 13.3. The molecule has 1 aliphatic heterocycles. The highest BCUT2D eigenvalue weighted by Gasteiger charge is 2.54. The minimum absolute atomic E-state index is 0.0716. The summed E-state index contributed by atoms with van der Waals surface area (Å²) in [6.07, 6.45) is 8.14. The SMILES string of the molecule is CC[C@@H](NS(=O)(=O)c1ccc(S(=O)(=O)N2CCOCC2)cc1)C12CC3CC(CC(C3)C1)C2. The van der Waals surface area contributed by atoms with Crippen LogP contribution in [-0.2, 0) is 24.8 Å². The number of hydrogen-bond donors (Lipinski definition) is 1. The predicted octanol–water partition coefficient (Wildman–Crippen LogP) is 2.98. The van der Waals surface area contributed by atoms with Crippen LogP contribution in [0.1, 0.15) is 51.9 Å². The van der Waals surface area contributed by atoms with Gasteiger partial charge in [-0.25, -0.2) is 21.6 Å². The minimum atomic E-state index is -3.73. The summed E-state index contributed by atoms with van der Waals surface area (Å²) >= 11 is 0. The van der Waals surface area contributed by atoms with Crippen molar-refractivity contribution in [2.75, 3.05) is 26.3 Å². The number of nitrogens with one attached hydrogen (secondary N) is 1. The largest absolute Gasteiger partial charge is 0.379 e. The summed E-state index contributed by atoms with van der Waals surface area (Å²) < 4.78 is 61.9. The van der Waals surface area contributed by atoms with Gasteiger partial charge in [0.25, 0.3) is 0 Å². The van der Waals surface area contributed by atoms with Crippen molar-refractivity contribution in [3.63, 3.8) is 0 Å². The zero-order valence-corrected chi connectivity index (χ0v) is 20.3. The van der Waals surface area contributed by atoms with Gasteiger partial charge in [-0.15, -0.1) is 0 Å². The summed E-state index contributed by atoms with van der Waals surface area (Å²) in [6, 6.07) is 5.58. The highest BCUT2D eigenvalue weighted by molar-refractivity contribution is 7.89. The molecule has 0 unspecified atom stereocenters. The third-order valence-electron chi connectivity index (χ3n) is 8.27. The lowest BCUT2D eigenvalue weighted by atomic mass is 9.47. The summed E-state index contributed by atoms with van der Waals surface area (Å²) in [5, 5.41) is 0. The first-order chi connectivity index (χ1) is 15.2. The number of ether oxygens (including phenoxy) is 1. The molecule has 0 amide bonds. The fraction of sp³-hybridized carbons (Fsp3) is 0.739. The van der Waals surface area contributed by atoms with Crippen LogP contribution in [-0.4, -0.2) is 53.5 Å². The van der Waals surface area contributed by atoms with Gasteiger partial charge in [0.05, 0.1) is 23.0 Å². The number of rotatable bonds is 7. The van der Waals surface area contributed by atoms with Gasteiger partial charge in [0.15, 0.2) is 0 Å². The quantitative estimate of drug-likeness (QED) is 0.645. The molecule has 1 saturated heterocycles. The van der Waals surface area contributed by atoms with Crippen molar-refractivity contribution >= 4 is 20.0 Å². The Balaban J connectivity index is 1.34. The molecule has 1 aromatic rings. The fourth-order valence-corrected chi connectivity index (χ4v) is 10.1. The Morgan fingerprint density at radius 3 is 1.94 bits per heavy atom. The highest BCUT2D eigenvalue weighted by atomic mass is 32.2. The molecular weight excluding hydrogens is 448 g/mol. The second kappa shape index (κ2) is 8.34. The van der Waals surface area contributed by atoms with Gasteiger partial charge in [-0.2, -0.15) is 4.31 Å². The second-order valence-electron chi connectivity index (χ2n) is 10.3. The smallest absolute Gasteiger partial charge is 0.243 e. The van der Waals surface area contributed by atoms with E-state index in [4.69, 9.17) is 4.74 Å². The van der Waals surface area contributed by atoms with Gasteiger partial charge >= 0.3 is 0 Å². The van der Waals surface area contributed by atoms with Gasteiger partial charge in [0, 0.05) is 19.1 Å². The second-order valence-corrected chi connectivity index (χ2v) is 14.0. The van der Waals surface area contributed by atoms with Crippen LogP contribution in [0.2, 0.25) is 0 Å². The van der Waals surface area contributed by atoms with Crippen molar-refractivity contribution < 1.29 is 21.6 Å².